The van der Waals surface area contributed by atoms with Gasteiger partial charge in [0, 0.05) is 30.1 Å². The first-order valence-electron chi connectivity index (χ1n) is 8.73. The van der Waals surface area contributed by atoms with E-state index in [1.807, 2.05) is 12.1 Å². The van der Waals surface area contributed by atoms with Crippen LogP contribution in [0.4, 0.5) is 4.39 Å². The maximum Gasteiger partial charge on any atom is 0.210 e. The van der Waals surface area contributed by atoms with Gasteiger partial charge >= 0.3 is 0 Å². The Hall–Kier alpha value is -3.02. The van der Waals surface area contributed by atoms with E-state index < -0.39 is 0 Å². The molecule has 0 radical (unpaired) electrons. The highest BCUT2D eigenvalue weighted by molar-refractivity contribution is 5.78. The summed E-state index contributed by atoms with van der Waals surface area (Å²) in [4.78, 5) is 25.5. The maximum absolute atomic E-state index is 13.3. The molecule has 4 rings (SSSR count). The zero-order chi connectivity index (χ0) is 17.9. The summed E-state index contributed by atoms with van der Waals surface area (Å²) in [5, 5.41) is 0. The quantitative estimate of drug-likeness (QED) is 0.725. The van der Waals surface area contributed by atoms with E-state index in [0.29, 0.717) is 0 Å². The van der Waals surface area contributed by atoms with Crippen molar-refractivity contribution in [1.29, 1.82) is 0 Å². The SMILES string of the molecule is O=CN1CCCCC1c1nc(-c2ccc(F)cc2)c(-c2ccncc2)[nH]1. The Morgan fingerprint density at radius 2 is 1.85 bits per heavy atom. The van der Waals surface area contributed by atoms with Crippen molar-refractivity contribution in [3.8, 4) is 22.5 Å². The topological polar surface area (TPSA) is 61.9 Å². The van der Waals surface area contributed by atoms with Crippen molar-refractivity contribution in [1.82, 2.24) is 19.9 Å². The smallest absolute Gasteiger partial charge is 0.210 e. The Labute approximate surface area is 150 Å². The lowest BCUT2D eigenvalue weighted by atomic mass is 10.0. The number of pyridine rings is 1. The first kappa shape index (κ1) is 16.4. The van der Waals surface area contributed by atoms with Gasteiger partial charge in [-0.3, -0.25) is 9.78 Å². The summed E-state index contributed by atoms with van der Waals surface area (Å²) in [5.74, 6) is 0.484. The van der Waals surface area contributed by atoms with Crippen molar-refractivity contribution in [2.75, 3.05) is 6.54 Å². The van der Waals surface area contributed by atoms with E-state index in [1.165, 1.54) is 12.1 Å². The molecule has 3 aromatic rings. The van der Waals surface area contributed by atoms with Gasteiger partial charge in [-0.05, 0) is 55.7 Å². The second-order valence-corrected chi connectivity index (χ2v) is 6.44. The lowest BCUT2D eigenvalue weighted by Gasteiger charge is -2.31. The number of amides is 1. The number of nitrogens with zero attached hydrogens (tertiary/aromatic N) is 3. The van der Waals surface area contributed by atoms with Crippen molar-refractivity contribution in [2.24, 2.45) is 0 Å². The van der Waals surface area contributed by atoms with Crippen LogP contribution in [-0.2, 0) is 4.79 Å². The fourth-order valence-electron chi connectivity index (χ4n) is 3.47. The standard InChI is InChI=1S/C20H19FN4O/c21-16-6-4-14(5-7-16)18-19(15-8-10-22-11-9-15)24-20(23-18)17-3-1-2-12-25(17)13-26/h4-11,13,17H,1-3,12H2,(H,23,24). The molecule has 0 bridgehead atoms. The molecule has 1 amide bonds. The lowest BCUT2D eigenvalue weighted by molar-refractivity contribution is -0.121. The van der Waals surface area contributed by atoms with Crippen LogP contribution in [0.5, 0.6) is 0 Å². The van der Waals surface area contributed by atoms with Crippen LogP contribution in [0.2, 0.25) is 0 Å². The normalized spacial score (nSPS) is 17.3. The van der Waals surface area contributed by atoms with Crippen LogP contribution in [0.15, 0.2) is 48.8 Å². The molecule has 3 heterocycles. The molecular formula is C20H19FN4O. The summed E-state index contributed by atoms with van der Waals surface area (Å²) in [7, 11) is 0. The first-order valence-corrected chi connectivity index (χ1v) is 8.73. The summed E-state index contributed by atoms with van der Waals surface area (Å²) in [6.07, 6.45) is 7.30. The van der Waals surface area contributed by atoms with Gasteiger partial charge in [0.15, 0.2) is 0 Å². The first-order chi connectivity index (χ1) is 12.8. The fraction of sp³-hybridized carbons (Fsp3) is 0.250. The highest BCUT2D eigenvalue weighted by Crippen LogP contribution is 2.35. The summed E-state index contributed by atoms with van der Waals surface area (Å²) < 4.78 is 13.3. The van der Waals surface area contributed by atoms with E-state index in [0.717, 1.165) is 60.6 Å². The number of hydrogen-bond acceptors (Lipinski definition) is 3. The van der Waals surface area contributed by atoms with Gasteiger partial charge in [-0.2, -0.15) is 0 Å². The van der Waals surface area contributed by atoms with Gasteiger partial charge in [-0.1, -0.05) is 0 Å². The van der Waals surface area contributed by atoms with Gasteiger partial charge in [-0.15, -0.1) is 0 Å². The number of imidazole rings is 1. The highest BCUT2D eigenvalue weighted by Gasteiger charge is 2.27. The maximum atomic E-state index is 13.3. The summed E-state index contributed by atoms with van der Waals surface area (Å²) in [5.41, 5.74) is 3.38. The predicted molar refractivity (Wildman–Crippen MR) is 96.6 cm³/mol. The third-order valence-corrected chi connectivity index (χ3v) is 4.80. The van der Waals surface area contributed by atoms with Crippen molar-refractivity contribution in [2.45, 2.75) is 25.3 Å². The average molecular weight is 350 g/mol. The Kier molecular flexibility index (Phi) is 4.48. The predicted octanol–water partition coefficient (Wildman–Crippen LogP) is 3.96. The van der Waals surface area contributed by atoms with Gasteiger partial charge in [0.05, 0.1) is 17.4 Å². The number of carbonyl (C=O) groups excluding carboxylic acids is 1. The Balaban J connectivity index is 1.82. The Morgan fingerprint density at radius 3 is 2.58 bits per heavy atom. The Bertz CT molecular complexity index is 892. The van der Waals surface area contributed by atoms with E-state index >= 15 is 0 Å². The minimum atomic E-state index is -0.283. The van der Waals surface area contributed by atoms with Gasteiger partial charge in [0.25, 0.3) is 0 Å². The molecule has 1 saturated heterocycles. The number of hydrogen-bond donors (Lipinski definition) is 1. The average Bonchev–Trinajstić information content (AvgIpc) is 3.14. The number of nitrogens with one attached hydrogen (secondary N) is 1. The number of aromatic amines is 1. The molecule has 6 heteroatoms. The number of likely N-dealkylation sites (tertiary alicyclic amines) is 1. The summed E-state index contributed by atoms with van der Waals surface area (Å²) in [6, 6.07) is 10.1. The highest BCUT2D eigenvalue weighted by atomic mass is 19.1. The number of H-pyrrole nitrogens is 1. The molecule has 1 unspecified atom stereocenters. The van der Waals surface area contributed by atoms with Gasteiger partial charge in [0.1, 0.15) is 11.6 Å². The van der Waals surface area contributed by atoms with Gasteiger partial charge < -0.3 is 9.88 Å². The molecule has 5 nitrogen and oxygen atoms in total. The van der Waals surface area contributed by atoms with E-state index in [2.05, 4.69) is 9.97 Å². The molecule has 0 spiro atoms. The van der Waals surface area contributed by atoms with Gasteiger partial charge in [0.2, 0.25) is 6.41 Å². The van der Waals surface area contributed by atoms with E-state index in [9.17, 15) is 9.18 Å². The molecule has 1 N–H and O–H groups in total. The zero-order valence-electron chi connectivity index (χ0n) is 14.2. The monoisotopic (exact) mass is 350 g/mol. The van der Waals surface area contributed by atoms with Crippen LogP contribution in [0.3, 0.4) is 0 Å². The third-order valence-electron chi connectivity index (χ3n) is 4.80. The zero-order valence-corrected chi connectivity index (χ0v) is 14.2. The molecule has 0 aliphatic carbocycles. The second kappa shape index (κ2) is 7.07. The molecule has 1 aromatic carbocycles. The molecule has 1 aliphatic heterocycles. The molecule has 2 aromatic heterocycles. The van der Waals surface area contributed by atoms with Crippen molar-refractivity contribution < 1.29 is 9.18 Å². The van der Waals surface area contributed by atoms with Crippen molar-refractivity contribution in [3.05, 3.63) is 60.4 Å². The second-order valence-electron chi connectivity index (χ2n) is 6.44. The van der Waals surface area contributed by atoms with E-state index in [4.69, 9.17) is 4.98 Å². The van der Waals surface area contributed by atoms with Crippen molar-refractivity contribution in [3.63, 3.8) is 0 Å². The largest absolute Gasteiger partial charge is 0.340 e. The molecule has 26 heavy (non-hydrogen) atoms. The number of rotatable bonds is 4. The van der Waals surface area contributed by atoms with Crippen LogP contribution in [0.1, 0.15) is 31.1 Å². The van der Waals surface area contributed by atoms with Crippen LogP contribution in [0.25, 0.3) is 22.5 Å². The molecule has 132 valence electrons. The number of carbonyl (C=O) groups is 1. The molecule has 1 fully saturated rings. The van der Waals surface area contributed by atoms with Crippen molar-refractivity contribution >= 4 is 6.41 Å². The molecule has 0 saturated carbocycles. The number of halogens is 1. The fourth-order valence-corrected chi connectivity index (χ4v) is 3.47. The lowest BCUT2D eigenvalue weighted by Crippen LogP contribution is -2.32. The summed E-state index contributed by atoms with van der Waals surface area (Å²) in [6.45, 7) is 0.741. The minimum Gasteiger partial charge on any atom is -0.340 e. The third kappa shape index (κ3) is 3.10. The van der Waals surface area contributed by atoms with Crippen LogP contribution in [0, 0.1) is 5.82 Å². The summed E-state index contributed by atoms with van der Waals surface area (Å²) >= 11 is 0. The van der Waals surface area contributed by atoms with Crippen LogP contribution < -0.4 is 0 Å². The minimum absolute atomic E-state index is 0.0592. The van der Waals surface area contributed by atoms with E-state index in [1.54, 1.807) is 29.4 Å². The molecular weight excluding hydrogens is 331 g/mol. The number of aromatic nitrogens is 3. The number of benzene rings is 1. The van der Waals surface area contributed by atoms with Gasteiger partial charge in [-0.25, -0.2) is 9.37 Å². The van der Waals surface area contributed by atoms with E-state index in [-0.39, 0.29) is 11.9 Å². The number of piperidine rings is 1. The Morgan fingerprint density at radius 1 is 1.08 bits per heavy atom. The van der Waals surface area contributed by atoms with Crippen LogP contribution >= 0.6 is 0 Å². The molecule has 1 atom stereocenters. The molecule has 1 aliphatic rings. The van der Waals surface area contributed by atoms with Crippen LogP contribution in [-0.4, -0.2) is 32.8 Å².